The summed E-state index contributed by atoms with van der Waals surface area (Å²) in [5.41, 5.74) is 3.13. The van der Waals surface area contributed by atoms with Crippen LogP contribution < -0.4 is 9.64 Å². The maximum atomic E-state index is 13.5. The minimum Gasteiger partial charge on any atom is -0.494 e. The summed E-state index contributed by atoms with van der Waals surface area (Å²) in [6.45, 7) is 4.81. The van der Waals surface area contributed by atoms with Crippen molar-refractivity contribution in [3.8, 4) is 5.75 Å². The molecule has 0 unspecified atom stereocenters. The zero-order valence-corrected chi connectivity index (χ0v) is 17.3. The summed E-state index contributed by atoms with van der Waals surface area (Å²) in [6, 6.07) is 9.59. The van der Waals surface area contributed by atoms with Crippen LogP contribution in [0.4, 0.5) is 5.13 Å². The molecule has 0 fully saturated rings. The van der Waals surface area contributed by atoms with Crippen molar-refractivity contribution in [3.63, 3.8) is 0 Å². The van der Waals surface area contributed by atoms with Gasteiger partial charge in [0, 0.05) is 19.4 Å². The third kappa shape index (κ3) is 3.84. The smallest absolute Gasteiger partial charge is 0.278 e. The fourth-order valence-corrected chi connectivity index (χ4v) is 4.14. The van der Waals surface area contributed by atoms with E-state index in [-0.39, 0.29) is 5.91 Å². The Bertz CT molecular complexity index is 1130. The number of aryl methyl sites for hydroxylation is 2. The highest BCUT2D eigenvalue weighted by Crippen LogP contribution is 2.33. The highest BCUT2D eigenvalue weighted by molar-refractivity contribution is 7.22. The van der Waals surface area contributed by atoms with Gasteiger partial charge in [0.25, 0.3) is 5.91 Å². The second kappa shape index (κ2) is 8.00. The van der Waals surface area contributed by atoms with E-state index in [0.29, 0.717) is 24.0 Å². The third-order valence-corrected chi connectivity index (χ3v) is 5.56. The lowest BCUT2D eigenvalue weighted by atomic mass is 10.2. The Morgan fingerprint density at radius 3 is 2.83 bits per heavy atom. The van der Waals surface area contributed by atoms with Crippen LogP contribution in [-0.2, 0) is 13.6 Å². The molecule has 148 valence electrons. The number of carbonyl (C=O) groups excluding carboxylic acids is 1. The number of nitrogens with zero attached hydrogens (tertiary/aromatic N) is 5. The average Bonchev–Trinajstić information content (AvgIpc) is 3.29. The van der Waals surface area contributed by atoms with Crippen LogP contribution in [-0.4, -0.2) is 32.3 Å². The maximum absolute atomic E-state index is 13.5. The van der Waals surface area contributed by atoms with Gasteiger partial charge in [0.15, 0.2) is 5.13 Å². The number of carbonyl (C=O) groups is 1. The largest absolute Gasteiger partial charge is 0.494 e. The van der Waals surface area contributed by atoms with E-state index in [1.165, 1.54) is 11.3 Å². The van der Waals surface area contributed by atoms with Crippen molar-refractivity contribution < 1.29 is 9.53 Å². The number of anilines is 1. The zero-order chi connectivity index (χ0) is 20.4. The van der Waals surface area contributed by atoms with Crippen LogP contribution in [0.5, 0.6) is 5.75 Å². The van der Waals surface area contributed by atoms with Crippen LogP contribution in [0.25, 0.3) is 10.2 Å². The lowest BCUT2D eigenvalue weighted by Gasteiger charge is -2.20. The average molecular weight is 407 g/mol. The van der Waals surface area contributed by atoms with Gasteiger partial charge in [-0.3, -0.25) is 19.4 Å². The van der Waals surface area contributed by atoms with Crippen molar-refractivity contribution >= 4 is 32.6 Å². The van der Waals surface area contributed by atoms with Crippen molar-refractivity contribution in [2.24, 2.45) is 7.05 Å². The molecule has 3 aromatic heterocycles. The van der Waals surface area contributed by atoms with Crippen LogP contribution in [0.1, 0.15) is 28.5 Å². The number of fused-ring (bicyclic) bond motifs is 1. The molecular weight excluding hydrogens is 386 g/mol. The third-order valence-electron chi connectivity index (χ3n) is 4.52. The molecule has 3 heterocycles. The molecule has 1 amide bonds. The highest BCUT2D eigenvalue weighted by Gasteiger charge is 2.25. The van der Waals surface area contributed by atoms with E-state index in [1.54, 1.807) is 35.2 Å². The fraction of sp³-hybridized carbons (Fsp3) is 0.238. The Morgan fingerprint density at radius 1 is 1.28 bits per heavy atom. The van der Waals surface area contributed by atoms with Crippen molar-refractivity contribution in [1.29, 1.82) is 0 Å². The second-order valence-corrected chi connectivity index (χ2v) is 7.62. The van der Waals surface area contributed by atoms with Gasteiger partial charge < -0.3 is 4.74 Å². The Hall–Kier alpha value is -3.26. The number of thiazole rings is 1. The number of pyridine rings is 1. The zero-order valence-electron chi connectivity index (χ0n) is 16.5. The molecule has 0 radical (unpaired) electrons. The first kappa shape index (κ1) is 19.1. The van der Waals surface area contributed by atoms with E-state index in [0.717, 1.165) is 27.1 Å². The summed E-state index contributed by atoms with van der Waals surface area (Å²) in [5, 5.41) is 4.85. The molecule has 0 aliphatic rings. The summed E-state index contributed by atoms with van der Waals surface area (Å²) >= 11 is 1.47. The lowest BCUT2D eigenvalue weighted by Crippen LogP contribution is -2.32. The topological polar surface area (TPSA) is 73.1 Å². The molecule has 1 aromatic carbocycles. The first-order chi connectivity index (χ1) is 14.1. The van der Waals surface area contributed by atoms with E-state index < -0.39 is 0 Å². The van der Waals surface area contributed by atoms with Crippen molar-refractivity contribution in [1.82, 2.24) is 19.7 Å². The summed E-state index contributed by atoms with van der Waals surface area (Å²) in [7, 11) is 1.77. The maximum Gasteiger partial charge on any atom is 0.278 e. The van der Waals surface area contributed by atoms with E-state index in [2.05, 4.69) is 10.1 Å². The van der Waals surface area contributed by atoms with Gasteiger partial charge >= 0.3 is 0 Å². The van der Waals surface area contributed by atoms with Gasteiger partial charge in [-0.05, 0) is 49.2 Å². The summed E-state index contributed by atoms with van der Waals surface area (Å²) in [5.74, 6) is 0.651. The quantitative estimate of drug-likeness (QED) is 0.483. The highest BCUT2D eigenvalue weighted by atomic mass is 32.1. The molecule has 0 atom stereocenters. The van der Waals surface area contributed by atoms with Crippen LogP contribution >= 0.6 is 11.3 Å². The molecule has 0 aliphatic heterocycles. The van der Waals surface area contributed by atoms with E-state index in [1.807, 2.05) is 44.2 Å². The Balaban J connectivity index is 1.77. The van der Waals surface area contributed by atoms with Gasteiger partial charge in [-0.25, -0.2) is 4.98 Å². The number of rotatable bonds is 6. The monoisotopic (exact) mass is 407 g/mol. The molecule has 0 saturated heterocycles. The van der Waals surface area contributed by atoms with Crippen molar-refractivity contribution in [2.75, 3.05) is 11.5 Å². The van der Waals surface area contributed by atoms with Crippen molar-refractivity contribution in [2.45, 2.75) is 20.4 Å². The fourth-order valence-electron chi connectivity index (χ4n) is 3.15. The minimum absolute atomic E-state index is 0.143. The Morgan fingerprint density at radius 2 is 2.14 bits per heavy atom. The predicted octanol–water partition coefficient (Wildman–Crippen LogP) is 3.98. The first-order valence-electron chi connectivity index (χ1n) is 9.29. The van der Waals surface area contributed by atoms with E-state index >= 15 is 0 Å². The van der Waals surface area contributed by atoms with E-state index in [4.69, 9.17) is 9.72 Å². The van der Waals surface area contributed by atoms with Gasteiger partial charge in [-0.2, -0.15) is 5.10 Å². The number of benzene rings is 1. The molecule has 29 heavy (non-hydrogen) atoms. The summed E-state index contributed by atoms with van der Waals surface area (Å²) in [4.78, 5) is 24.1. The molecule has 0 N–H and O–H groups in total. The Labute approximate surface area is 172 Å². The van der Waals surface area contributed by atoms with E-state index in [9.17, 15) is 4.79 Å². The number of hydrogen-bond donors (Lipinski definition) is 0. The standard InChI is InChI=1S/C21H21N5O2S/c1-4-28-16-7-8-17-18(10-16)29-21(24-17)26(13-15-6-5-9-22-12-15)20(27)19-14(2)11-23-25(19)3/h5-12H,4,13H2,1-3H3. The van der Waals surface area contributed by atoms with Crippen LogP contribution in [0.3, 0.4) is 0 Å². The number of aromatic nitrogens is 4. The number of amides is 1. The van der Waals surface area contributed by atoms with Gasteiger partial charge in [-0.15, -0.1) is 0 Å². The van der Waals surface area contributed by atoms with Gasteiger partial charge in [0.1, 0.15) is 11.4 Å². The second-order valence-electron chi connectivity index (χ2n) is 6.61. The minimum atomic E-state index is -0.143. The summed E-state index contributed by atoms with van der Waals surface area (Å²) < 4.78 is 8.17. The van der Waals surface area contributed by atoms with Gasteiger partial charge in [0.2, 0.25) is 0 Å². The van der Waals surface area contributed by atoms with Crippen molar-refractivity contribution in [3.05, 3.63) is 65.7 Å². The molecule has 0 aliphatic carbocycles. The normalized spacial score (nSPS) is 11.0. The molecule has 8 heteroatoms. The van der Waals surface area contributed by atoms with Crippen LogP contribution in [0.2, 0.25) is 0 Å². The van der Waals surface area contributed by atoms with Gasteiger partial charge in [0.05, 0.1) is 29.6 Å². The molecule has 4 rings (SSSR count). The lowest BCUT2D eigenvalue weighted by molar-refractivity contribution is 0.0975. The molecule has 0 bridgehead atoms. The molecule has 0 saturated carbocycles. The van der Waals surface area contributed by atoms with Gasteiger partial charge in [-0.1, -0.05) is 17.4 Å². The Kier molecular flexibility index (Phi) is 5.26. The molecular formula is C21H21N5O2S. The number of ether oxygens (including phenoxy) is 1. The predicted molar refractivity (Wildman–Crippen MR) is 113 cm³/mol. The molecule has 4 aromatic rings. The molecule has 7 nitrogen and oxygen atoms in total. The van der Waals surface area contributed by atoms with Crippen LogP contribution in [0, 0.1) is 6.92 Å². The number of hydrogen-bond acceptors (Lipinski definition) is 6. The molecule has 0 spiro atoms. The SMILES string of the molecule is CCOc1ccc2nc(N(Cc3cccnc3)C(=O)c3c(C)cnn3C)sc2c1. The first-order valence-corrected chi connectivity index (χ1v) is 10.1. The van der Waals surface area contributed by atoms with Crippen LogP contribution in [0.15, 0.2) is 48.9 Å². The summed E-state index contributed by atoms with van der Waals surface area (Å²) in [6.07, 6.45) is 5.17.